The first-order valence-corrected chi connectivity index (χ1v) is 12.8. The molecule has 1 aliphatic rings. The van der Waals surface area contributed by atoms with E-state index in [1.165, 1.54) is 11.8 Å². The van der Waals surface area contributed by atoms with Crippen molar-refractivity contribution in [3.05, 3.63) is 70.1 Å². The van der Waals surface area contributed by atoms with Crippen molar-refractivity contribution in [3.63, 3.8) is 0 Å². The summed E-state index contributed by atoms with van der Waals surface area (Å²) in [4.78, 5) is 29.0. The van der Waals surface area contributed by atoms with E-state index in [1.54, 1.807) is 0 Å². The normalized spacial score (nSPS) is 15.4. The number of alkyl carbamates (subject to hydrolysis) is 1. The van der Waals surface area contributed by atoms with Crippen LogP contribution in [0.3, 0.4) is 0 Å². The van der Waals surface area contributed by atoms with Gasteiger partial charge in [0.15, 0.2) is 6.10 Å². The molecule has 0 aliphatic carbocycles. The fourth-order valence-electron chi connectivity index (χ4n) is 4.51. The fourth-order valence-corrected chi connectivity index (χ4v) is 4.51. The van der Waals surface area contributed by atoms with Gasteiger partial charge >= 0.3 is 11.7 Å². The molecule has 1 fully saturated rings. The molecule has 3 aromatic rings. The van der Waals surface area contributed by atoms with E-state index in [-0.39, 0.29) is 12.2 Å². The van der Waals surface area contributed by atoms with Gasteiger partial charge in [-0.15, -0.1) is 0 Å². The molecule has 0 saturated carbocycles. The lowest BCUT2D eigenvalue weighted by Crippen LogP contribution is -2.51. The first-order valence-electron chi connectivity index (χ1n) is 12.8. The summed E-state index contributed by atoms with van der Waals surface area (Å²) >= 11 is 0. The van der Waals surface area contributed by atoms with Crippen LogP contribution in [-0.2, 0) is 4.74 Å². The highest BCUT2D eigenvalue weighted by atomic mass is 16.6. The summed E-state index contributed by atoms with van der Waals surface area (Å²) in [6, 6.07) is 15.6. The van der Waals surface area contributed by atoms with Gasteiger partial charge in [-0.1, -0.05) is 18.2 Å². The van der Waals surface area contributed by atoms with Crippen molar-refractivity contribution in [2.75, 3.05) is 44.2 Å². The molecule has 198 valence electrons. The Bertz CT molecular complexity index is 1270. The van der Waals surface area contributed by atoms with E-state index in [1.807, 2.05) is 52.8 Å². The van der Waals surface area contributed by atoms with Gasteiger partial charge in [0.25, 0.3) is 0 Å². The Balaban J connectivity index is 1.44. The Hall–Kier alpha value is -3.52. The van der Waals surface area contributed by atoms with Crippen molar-refractivity contribution in [1.82, 2.24) is 10.2 Å². The maximum absolute atomic E-state index is 12.6. The number of carbonyl (C=O) groups excluding carboxylic acids is 1. The maximum Gasteiger partial charge on any atom is 0.407 e. The van der Waals surface area contributed by atoms with Gasteiger partial charge in [-0.2, -0.15) is 0 Å². The standard InChI is InChI=1S/C29H37N3O5/c1-20-16-27(33)37-26-15-21(2)25(17-24(20)26)35-19-23(36-28(34)30-29(3,4)5)18-31-11-13-32(14-12-31)22-9-7-6-8-10-22/h6-10,15-17,23H,11-14,18-19H2,1-5H3,(H,30,34)/t23-/m0/s1. The molecule has 1 aliphatic heterocycles. The van der Waals surface area contributed by atoms with Crippen LogP contribution in [0.15, 0.2) is 57.7 Å². The molecule has 0 radical (unpaired) electrons. The smallest absolute Gasteiger partial charge is 0.407 e. The first kappa shape index (κ1) is 26.5. The number of amides is 1. The van der Waals surface area contributed by atoms with Crippen LogP contribution in [0.25, 0.3) is 11.0 Å². The summed E-state index contributed by atoms with van der Waals surface area (Å²) in [5, 5.41) is 3.70. The highest BCUT2D eigenvalue weighted by Crippen LogP contribution is 2.27. The first-order chi connectivity index (χ1) is 17.6. The lowest BCUT2D eigenvalue weighted by molar-refractivity contribution is 0.0359. The molecule has 37 heavy (non-hydrogen) atoms. The second-order valence-corrected chi connectivity index (χ2v) is 10.7. The molecule has 1 amide bonds. The average Bonchev–Trinajstić information content (AvgIpc) is 2.82. The van der Waals surface area contributed by atoms with E-state index in [9.17, 15) is 9.59 Å². The number of piperazine rings is 1. The number of para-hydroxylation sites is 1. The minimum atomic E-state index is -0.462. The van der Waals surface area contributed by atoms with E-state index >= 15 is 0 Å². The summed E-state index contributed by atoms with van der Waals surface area (Å²) in [5.41, 5.74) is 2.65. The van der Waals surface area contributed by atoms with Crippen molar-refractivity contribution in [2.45, 2.75) is 46.3 Å². The zero-order valence-electron chi connectivity index (χ0n) is 22.4. The number of hydrogen-bond donors (Lipinski definition) is 1. The summed E-state index contributed by atoms with van der Waals surface area (Å²) in [7, 11) is 0. The van der Waals surface area contributed by atoms with E-state index in [4.69, 9.17) is 13.9 Å². The third-order valence-electron chi connectivity index (χ3n) is 6.38. The zero-order chi connectivity index (χ0) is 26.6. The molecular weight excluding hydrogens is 470 g/mol. The largest absolute Gasteiger partial charge is 0.489 e. The molecule has 1 N–H and O–H groups in total. The SMILES string of the molecule is Cc1cc2oc(=O)cc(C)c2cc1OC[C@H](CN1CCN(c2ccccc2)CC1)OC(=O)NC(C)(C)C. The predicted octanol–water partition coefficient (Wildman–Crippen LogP) is 4.50. The van der Waals surface area contributed by atoms with Crippen LogP contribution < -0.4 is 20.6 Å². The minimum Gasteiger partial charge on any atom is -0.489 e. The topological polar surface area (TPSA) is 84.2 Å². The molecule has 2 aromatic carbocycles. The van der Waals surface area contributed by atoms with E-state index in [0.717, 1.165) is 42.7 Å². The third-order valence-corrected chi connectivity index (χ3v) is 6.38. The van der Waals surface area contributed by atoms with Gasteiger partial charge in [-0.05, 0) is 70.0 Å². The molecule has 1 saturated heterocycles. The van der Waals surface area contributed by atoms with Crippen LogP contribution in [0.1, 0.15) is 31.9 Å². The van der Waals surface area contributed by atoms with Crippen molar-refractivity contribution in [1.29, 1.82) is 0 Å². The van der Waals surface area contributed by atoms with Crippen molar-refractivity contribution >= 4 is 22.7 Å². The number of fused-ring (bicyclic) bond motifs is 1. The highest BCUT2D eigenvalue weighted by molar-refractivity contribution is 5.82. The summed E-state index contributed by atoms with van der Waals surface area (Å²) in [6.07, 6.45) is -0.924. The average molecular weight is 508 g/mol. The van der Waals surface area contributed by atoms with Gasteiger partial charge in [0.05, 0.1) is 0 Å². The Morgan fingerprint density at radius 3 is 2.41 bits per heavy atom. The third kappa shape index (κ3) is 7.26. The molecule has 2 heterocycles. The number of rotatable bonds is 7. The van der Waals surface area contributed by atoms with Gasteiger partial charge in [-0.3, -0.25) is 4.90 Å². The van der Waals surface area contributed by atoms with Crippen LogP contribution in [0, 0.1) is 13.8 Å². The van der Waals surface area contributed by atoms with Gasteiger partial charge < -0.3 is 24.1 Å². The minimum absolute atomic E-state index is 0.207. The molecule has 8 heteroatoms. The molecule has 4 rings (SSSR count). The monoisotopic (exact) mass is 507 g/mol. The molecule has 0 unspecified atom stereocenters. The van der Waals surface area contributed by atoms with E-state index < -0.39 is 17.7 Å². The van der Waals surface area contributed by atoms with Crippen molar-refractivity contribution < 1.29 is 18.7 Å². The van der Waals surface area contributed by atoms with Crippen LogP contribution in [0.2, 0.25) is 0 Å². The maximum atomic E-state index is 12.6. The molecular formula is C29H37N3O5. The second-order valence-electron chi connectivity index (χ2n) is 10.7. The van der Waals surface area contributed by atoms with Crippen LogP contribution in [0.5, 0.6) is 5.75 Å². The van der Waals surface area contributed by atoms with Crippen LogP contribution in [-0.4, -0.2) is 62.0 Å². The molecule has 1 atom stereocenters. The number of carbonyl (C=O) groups is 1. The van der Waals surface area contributed by atoms with Gasteiger partial charge in [0.2, 0.25) is 0 Å². The number of benzene rings is 2. The number of nitrogens with one attached hydrogen (secondary N) is 1. The van der Waals surface area contributed by atoms with Gasteiger partial charge in [0, 0.05) is 55.4 Å². The zero-order valence-corrected chi connectivity index (χ0v) is 22.4. The van der Waals surface area contributed by atoms with Crippen molar-refractivity contribution in [2.24, 2.45) is 0 Å². The fraction of sp³-hybridized carbons (Fsp3) is 0.448. The molecule has 1 aromatic heterocycles. The van der Waals surface area contributed by atoms with Gasteiger partial charge in [0.1, 0.15) is 17.9 Å². The molecule has 8 nitrogen and oxygen atoms in total. The lowest BCUT2D eigenvalue weighted by atomic mass is 10.1. The Kier molecular flexibility index (Phi) is 8.07. The van der Waals surface area contributed by atoms with Crippen LogP contribution in [0.4, 0.5) is 10.5 Å². The number of ether oxygens (including phenoxy) is 2. The lowest BCUT2D eigenvalue weighted by Gasteiger charge is -2.37. The van der Waals surface area contributed by atoms with Crippen LogP contribution >= 0.6 is 0 Å². The number of anilines is 1. The second kappa shape index (κ2) is 11.3. The molecule has 0 spiro atoms. The Morgan fingerprint density at radius 2 is 1.73 bits per heavy atom. The number of hydrogen-bond acceptors (Lipinski definition) is 7. The summed E-state index contributed by atoms with van der Waals surface area (Å²) < 4.78 is 17.4. The number of nitrogens with zero attached hydrogens (tertiary/aromatic N) is 2. The number of aryl methyl sites for hydroxylation is 2. The summed E-state index contributed by atoms with van der Waals surface area (Å²) in [6.45, 7) is 13.8. The quantitative estimate of drug-likeness (QED) is 0.471. The highest BCUT2D eigenvalue weighted by Gasteiger charge is 2.25. The van der Waals surface area contributed by atoms with E-state index in [2.05, 4.69) is 39.4 Å². The Morgan fingerprint density at radius 1 is 1.03 bits per heavy atom. The predicted molar refractivity (Wildman–Crippen MR) is 146 cm³/mol. The van der Waals surface area contributed by atoms with Crippen molar-refractivity contribution in [3.8, 4) is 5.75 Å². The molecule has 0 bridgehead atoms. The van der Waals surface area contributed by atoms with Gasteiger partial charge in [-0.25, -0.2) is 9.59 Å². The summed E-state index contributed by atoms with van der Waals surface area (Å²) in [5.74, 6) is 0.670. The van der Waals surface area contributed by atoms with E-state index in [0.29, 0.717) is 17.9 Å². The Labute approximate surface area is 218 Å².